The zero-order valence-electron chi connectivity index (χ0n) is 11.2. The second-order valence-electron chi connectivity index (χ2n) is 4.59. The Balaban J connectivity index is 2.13. The Labute approximate surface area is 143 Å². The summed E-state index contributed by atoms with van der Waals surface area (Å²) in [5.41, 5.74) is 0.882. The van der Waals surface area contributed by atoms with Gasteiger partial charge in [-0.3, -0.25) is 19.2 Å². The zero-order chi connectivity index (χ0) is 15.7. The highest BCUT2D eigenvalue weighted by Crippen LogP contribution is 2.39. The topological polar surface area (TPSA) is 68.3 Å². The predicted molar refractivity (Wildman–Crippen MR) is 91.8 cm³/mol. The summed E-state index contributed by atoms with van der Waals surface area (Å²) < 4.78 is -0.155. The van der Waals surface area contributed by atoms with E-state index < -0.39 is 0 Å². The van der Waals surface area contributed by atoms with Crippen LogP contribution in [-0.4, -0.2) is 32.0 Å². The molecule has 8 heteroatoms. The van der Waals surface area contributed by atoms with Crippen molar-refractivity contribution in [3.63, 3.8) is 0 Å². The van der Waals surface area contributed by atoms with E-state index in [1.165, 1.54) is 0 Å². The van der Waals surface area contributed by atoms with E-state index in [0.29, 0.717) is 32.4 Å². The monoisotopic (exact) mass is 370 g/mol. The van der Waals surface area contributed by atoms with E-state index in [2.05, 4.69) is 0 Å². The number of Topliss-reactive ketones (excluding diaryl/α,β-unsaturated/α-hetero) is 2. The van der Waals surface area contributed by atoms with E-state index in [9.17, 15) is 19.2 Å². The standard InChI is InChI=1S/C14H10O4S4/c15-9-1-3-19-13(17)21-11-6-8-10(16)2-4-20-14(18)22-12(8)5-7(9)11/h5-6H,1-4H2. The van der Waals surface area contributed by atoms with Gasteiger partial charge in [0.1, 0.15) is 0 Å². The van der Waals surface area contributed by atoms with Gasteiger partial charge in [-0.05, 0) is 35.7 Å². The third-order valence-corrected chi connectivity index (χ3v) is 7.11. The van der Waals surface area contributed by atoms with Crippen molar-refractivity contribution in [2.45, 2.75) is 22.6 Å². The molecule has 4 nitrogen and oxygen atoms in total. The smallest absolute Gasteiger partial charge is 0.250 e. The van der Waals surface area contributed by atoms with Gasteiger partial charge in [0.05, 0.1) is 0 Å². The number of carbonyl (C=O) groups excluding carboxylic acids is 4. The molecule has 2 heterocycles. The van der Waals surface area contributed by atoms with Crippen LogP contribution in [0.2, 0.25) is 0 Å². The molecule has 2 aliphatic rings. The van der Waals surface area contributed by atoms with Crippen LogP contribution in [0.15, 0.2) is 21.9 Å². The second-order valence-corrected chi connectivity index (χ2v) is 9.27. The van der Waals surface area contributed by atoms with E-state index in [0.717, 1.165) is 47.0 Å². The fourth-order valence-electron chi connectivity index (χ4n) is 2.13. The number of ketones is 2. The minimum Gasteiger partial charge on any atom is -0.294 e. The molecule has 22 heavy (non-hydrogen) atoms. The first kappa shape index (κ1) is 16.2. The molecule has 2 aliphatic heterocycles. The van der Waals surface area contributed by atoms with Gasteiger partial charge in [-0.1, -0.05) is 23.5 Å². The first-order chi connectivity index (χ1) is 10.5. The molecule has 0 saturated heterocycles. The van der Waals surface area contributed by atoms with Crippen LogP contribution in [0.25, 0.3) is 0 Å². The van der Waals surface area contributed by atoms with Crippen molar-refractivity contribution in [3.8, 4) is 0 Å². The van der Waals surface area contributed by atoms with Crippen molar-refractivity contribution in [1.82, 2.24) is 0 Å². The highest BCUT2D eigenvalue weighted by atomic mass is 32.2. The molecule has 0 aromatic heterocycles. The molecule has 0 aliphatic carbocycles. The number of hydrogen-bond donors (Lipinski definition) is 0. The minimum atomic E-state index is -0.0775. The SMILES string of the molecule is O=C1SCCC(=O)c2cc3c(cc2S1)C(=O)CCSC(=O)S3. The van der Waals surface area contributed by atoms with Crippen LogP contribution in [0.1, 0.15) is 33.6 Å². The van der Waals surface area contributed by atoms with Crippen molar-refractivity contribution >= 4 is 67.5 Å². The largest absolute Gasteiger partial charge is 0.294 e. The maximum Gasteiger partial charge on any atom is 0.250 e. The van der Waals surface area contributed by atoms with Gasteiger partial charge in [0.15, 0.2) is 11.6 Å². The lowest BCUT2D eigenvalue weighted by molar-refractivity contribution is 0.0973. The third-order valence-electron chi connectivity index (χ3n) is 3.17. The summed E-state index contributed by atoms with van der Waals surface area (Å²) in [6.45, 7) is 0. The van der Waals surface area contributed by atoms with Crippen molar-refractivity contribution in [3.05, 3.63) is 23.3 Å². The van der Waals surface area contributed by atoms with Gasteiger partial charge in [-0.15, -0.1) is 0 Å². The highest BCUT2D eigenvalue weighted by Gasteiger charge is 2.26. The lowest BCUT2D eigenvalue weighted by atomic mass is 10.0. The Morgan fingerprint density at radius 1 is 0.682 bits per heavy atom. The normalized spacial score (nSPS) is 19.6. The van der Waals surface area contributed by atoms with Gasteiger partial charge >= 0.3 is 0 Å². The molecule has 3 rings (SSSR count). The van der Waals surface area contributed by atoms with E-state index in [4.69, 9.17) is 0 Å². The summed E-state index contributed by atoms with van der Waals surface area (Å²) in [5, 5.41) is 0. The Bertz CT molecular complexity index is 639. The second kappa shape index (κ2) is 6.82. The van der Waals surface area contributed by atoms with Crippen LogP contribution in [0, 0.1) is 0 Å². The number of rotatable bonds is 0. The molecule has 0 bridgehead atoms. The molecular weight excluding hydrogens is 360 g/mol. The van der Waals surface area contributed by atoms with Gasteiger partial charge in [-0.25, -0.2) is 0 Å². The van der Waals surface area contributed by atoms with Crippen molar-refractivity contribution < 1.29 is 19.2 Å². The molecule has 1 aromatic rings. The Morgan fingerprint density at radius 3 is 1.50 bits per heavy atom. The van der Waals surface area contributed by atoms with Gasteiger partial charge in [0.2, 0.25) is 0 Å². The summed E-state index contributed by atoms with van der Waals surface area (Å²) in [6, 6.07) is 3.21. The minimum absolute atomic E-state index is 0.0551. The van der Waals surface area contributed by atoms with Crippen LogP contribution < -0.4 is 0 Å². The summed E-state index contributed by atoms with van der Waals surface area (Å²) >= 11 is 4.22. The fraction of sp³-hybridized carbons (Fsp3) is 0.286. The zero-order valence-corrected chi connectivity index (χ0v) is 14.5. The Morgan fingerprint density at radius 2 is 1.09 bits per heavy atom. The summed E-state index contributed by atoms with van der Waals surface area (Å²) in [4.78, 5) is 49.1. The maximum atomic E-state index is 12.2. The van der Waals surface area contributed by atoms with Gasteiger partial charge in [0.25, 0.3) is 8.89 Å². The average molecular weight is 370 g/mol. The fourth-order valence-corrected chi connectivity index (χ4v) is 5.82. The summed E-state index contributed by atoms with van der Waals surface area (Å²) in [5.74, 6) is 0.811. The van der Waals surface area contributed by atoms with Gasteiger partial charge in [0, 0.05) is 45.3 Å². The molecular formula is C14H10O4S4. The molecule has 114 valence electrons. The quantitative estimate of drug-likeness (QED) is 0.648. The van der Waals surface area contributed by atoms with Crippen molar-refractivity contribution in [1.29, 1.82) is 0 Å². The van der Waals surface area contributed by atoms with Crippen LogP contribution in [0.4, 0.5) is 9.59 Å². The highest BCUT2D eigenvalue weighted by molar-refractivity contribution is 8.39. The van der Waals surface area contributed by atoms with E-state index in [-0.39, 0.29) is 33.3 Å². The molecule has 0 unspecified atom stereocenters. The molecule has 0 spiro atoms. The first-order valence-electron chi connectivity index (χ1n) is 6.48. The van der Waals surface area contributed by atoms with Crippen LogP contribution >= 0.6 is 47.0 Å². The number of carbonyl (C=O) groups is 4. The molecule has 0 amide bonds. The van der Waals surface area contributed by atoms with Crippen LogP contribution in [0.3, 0.4) is 0 Å². The molecule has 1 aromatic carbocycles. The van der Waals surface area contributed by atoms with Gasteiger partial charge < -0.3 is 0 Å². The molecule has 0 N–H and O–H groups in total. The van der Waals surface area contributed by atoms with Crippen molar-refractivity contribution in [2.24, 2.45) is 0 Å². The number of thioether (sulfide) groups is 4. The molecule has 0 fully saturated rings. The van der Waals surface area contributed by atoms with E-state index >= 15 is 0 Å². The summed E-state index contributed by atoms with van der Waals surface area (Å²) in [6.07, 6.45) is 0.564. The Hall–Kier alpha value is -0.700. The number of fused-ring (bicyclic) bond motifs is 2. The number of hydrogen-bond acceptors (Lipinski definition) is 8. The first-order valence-corrected chi connectivity index (χ1v) is 10.1. The lowest BCUT2D eigenvalue weighted by Crippen LogP contribution is -2.12. The third kappa shape index (κ3) is 3.45. The Kier molecular flexibility index (Phi) is 5.01. The lowest BCUT2D eigenvalue weighted by Gasteiger charge is -2.17. The van der Waals surface area contributed by atoms with Gasteiger partial charge in [-0.2, -0.15) is 0 Å². The van der Waals surface area contributed by atoms with Crippen LogP contribution in [-0.2, 0) is 0 Å². The molecule has 0 atom stereocenters. The predicted octanol–water partition coefficient (Wildman–Crippen LogP) is 4.75. The van der Waals surface area contributed by atoms with E-state index in [1.807, 2.05) is 0 Å². The average Bonchev–Trinajstić information content (AvgIpc) is 2.45. The van der Waals surface area contributed by atoms with Crippen LogP contribution in [0.5, 0.6) is 0 Å². The molecule has 0 saturated carbocycles. The van der Waals surface area contributed by atoms with Crippen molar-refractivity contribution in [2.75, 3.05) is 11.5 Å². The molecule has 0 radical (unpaired) electrons. The maximum absolute atomic E-state index is 12.2. The summed E-state index contributed by atoms with van der Waals surface area (Å²) in [7, 11) is 0. The van der Waals surface area contributed by atoms with E-state index in [1.54, 1.807) is 12.1 Å². The number of benzene rings is 1.